The van der Waals surface area contributed by atoms with E-state index in [1.54, 1.807) is 29.2 Å². The number of hydrogen-bond acceptors (Lipinski definition) is 4. The Hall–Kier alpha value is -1.17. The first-order chi connectivity index (χ1) is 8.69. The molecule has 2 aromatic rings. The van der Waals surface area contributed by atoms with Crippen LogP contribution >= 0.6 is 34.7 Å². The van der Waals surface area contributed by atoms with Gasteiger partial charge < -0.3 is 5.73 Å². The summed E-state index contributed by atoms with van der Waals surface area (Å²) in [5.41, 5.74) is 9.61. The van der Waals surface area contributed by atoms with E-state index < -0.39 is 0 Å². The number of amidine groups is 1. The molecule has 0 aliphatic carbocycles. The first-order valence-corrected chi connectivity index (χ1v) is 7.60. The zero-order valence-corrected chi connectivity index (χ0v) is 12.1. The summed E-state index contributed by atoms with van der Waals surface area (Å²) in [4.78, 5) is 0.953. The molecule has 0 radical (unpaired) electrons. The fraction of sp³-hybridized carbons (Fsp3) is 0.0833. The molecule has 94 valence electrons. The summed E-state index contributed by atoms with van der Waals surface area (Å²) in [7, 11) is 0. The zero-order valence-electron chi connectivity index (χ0n) is 9.68. The number of rotatable bonds is 4. The number of halogens is 1. The molecule has 3 N–H and O–H groups in total. The maximum absolute atomic E-state index is 5.90. The lowest BCUT2D eigenvalue weighted by molar-refractivity contribution is 1.32. The largest absolute Gasteiger partial charge is 0.381 e. The number of nitrogens with two attached hydrogens (primary N) is 1. The van der Waals surface area contributed by atoms with E-state index in [0.717, 1.165) is 10.6 Å². The van der Waals surface area contributed by atoms with Crippen LogP contribution in [0.1, 0.15) is 4.88 Å². The molecule has 0 atom stereocenters. The fourth-order valence-electron chi connectivity index (χ4n) is 1.31. The van der Waals surface area contributed by atoms with Crippen LogP contribution in [-0.4, -0.2) is 12.1 Å². The van der Waals surface area contributed by atoms with Gasteiger partial charge in [-0.25, -0.2) is 0 Å². The second-order valence-electron chi connectivity index (χ2n) is 3.44. The average Bonchev–Trinajstić information content (AvgIpc) is 2.85. The molecule has 0 spiro atoms. The molecule has 0 aliphatic heterocycles. The fourth-order valence-corrected chi connectivity index (χ4v) is 2.94. The summed E-state index contributed by atoms with van der Waals surface area (Å²) in [5.74, 6) is 0.472. The number of nitrogens with zero attached hydrogens (tertiary/aromatic N) is 1. The molecule has 0 amide bonds. The summed E-state index contributed by atoms with van der Waals surface area (Å²) in [6.07, 6.45) is 2.03. The minimum atomic E-state index is 0.472. The van der Waals surface area contributed by atoms with Gasteiger partial charge >= 0.3 is 0 Å². The quantitative estimate of drug-likeness (QED) is 0.390. The summed E-state index contributed by atoms with van der Waals surface area (Å²) in [6.45, 7) is 0. The standard InChI is InChI=1S/C12H12ClN3S2/c1-17-11-6-5-10(18-11)12(14)16-15-9-4-2-3-8(13)7-9/h2-7,15H,1H3,(H2,14,16). The van der Waals surface area contributed by atoms with Gasteiger partial charge in [0.15, 0.2) is 5.84 Å². The second-order valence-corrected chi connectivity index (χ2v) is 6.07. The van der Waals surface area contributed by atoms with E-state index in [0.29, 0.717) is 10.9 Å². The Bertz CT molecular complexity index is 566. The van der Waals surface area contributed by atoms with Gasteiger partial charge in [-0.05, 0) is 36.6 Å². The van der Waals surface area contributed by atoms with Crippen LogP contribution in [0.2, 0.25) is 5.02 Å². The third-order valence-corrected chi connectivity index (χ3v) is 4.59. The van der Waals surface area contributed by atoms with Crippen LogP contribution in [0.5, 0.6) is 0 Å². The number of thioether (sulfide) groups is 1. The monoisotopic (exact) mass is 297 g/mol. The topological polar surface area (TPSA) is 50.4 Å². The summed E-state index contributed by atoms with van der Waals surface area (Å²) in [5, 5.41) is 4.80. The molecular formula is C12H12ClN3S2. The molecule has 0 fully saturated rings. The summed E-state index contributed by atoms with van der Waals surface area (Å²) < 4.78 is 1.21. The number of benzene rings is 1. The van der Waals surface area contributed by atoms with Crippen LogP contribution in [0.25, 0.3) is 0 Å². The van der Waals surface area contributed by atoms with Crippen LogP contribution in [0, 0.1) is 0 Å². The van der Waals surface area contributed by atoms with Gasteiger partial charge in [0.25, 0.3) is 0 Å². The Labute approximate surface area is 119 Å². The van der Waals surface area contributed by atoms with E-state index in [-0.39, 0.29) is 0 Å². The van der Waals surface area contributed by atoms with Gasteiger partial charge in [0.2, 0.25) is 0 Å². The zero-order chi connectivity index (χ0) is 13.0. The lowest BCUT2D eigenvalue weighted by atomic mass is 10.3. The second kappa shape index (κ2) is 6.13. The summed E-state index contributed by atoms with van der Waals surface area (Å²) in [6, 6.07) is 11.3. The molecule has 0 bridgehead atoms. The normalized spacial score (nSPS) is 11.6. The number of hydrazone groups is 1. The molecule has 6 heteroatoms. The van der Waals surface area contributed by atoms with E-state index in [2.05, 4.69) is 10.5 Å². The highest BCUT2D eigenvalue weighted by Crippen LogP contribution is 2.25. The molecular weight excluding hydrogens is 286 g/mol. The van der Waals surface area contributed by atoms with Crippen molar-refractivity contribution in [3.8, 4) is 0 Å². The number of nitrogens with one attached hydrogen (secondary N) is 1. The van der Waals surface area contributed by atoms with Crippen LogP contribution in [-0.2, 0) is 0 Å². The Morgan fingerprint density at radius 1 is 1.39 bits per heavy atom. The highest BCUT2D eigenvalue weighted by Gasteiger charge is 2.03. The molecule has 0 saturated heterocycles. The molecule has 3 nitrogen and oxygen atoms in total. The Morgan fingerprint density at radius 3 is 2.89 bits per heavy atom. The third kappa shape index (κ3) is 3.41. The van der Waals surface area contributed by atoms with Gasteiger partial charge in [-0.2, -0.15) is 5.10 Å². The first-order valence-electron chi connectivity index (χ1n) is 5.18. The van der Waals surface area contributed by atoms with Crippen LogP contribution in [0.3, 0.4) is 0 Å². The van der Waals surface area contributed by atoms with Crippen LogP contribution in [0.15, 0.2) is 45.7 Å². The number of thiophene rings is 1. The SMILES string of the molecule is CSc1ccc(C(N)=NNc2cccc(Cl)c2)s1. The Balaban J connectivity index is 2.09. The number of anilines is 1. The predicted octanol–water partition coefficient (Wildman–Crippen LogP) is 3.86. The van der Waals surface area contributed by atoms with Crippen molar-refractivity contribution in [2.45, 2.75) is 4.21 Å². The molecule has 18 heavy (non-hydrogen) atoms. The molecule has 1 heterocycles. The van der Waals surface area contributed by atoms with Crippen molar-refractivity contribution in [1.82, 2.24) is 0 Å². The van der Waals surface area contributed by atoms with E-state index in [9.17, 15) is 0 Å². The van der Waals surface area contributed by atoms with Crippen molar-refractivity contribution in [1.29, 1.82) is 0 Å². The average molecular weight is 298 g/mol. The molecule has 0 saturated carbocycles. The molecule has 1 aromatic heterocycles. The minimum Gasteiger partial charge on any atom is -0.381 e. The highest BCUT2D eigenvalue weighted by atomic mass is 35.5. The summed E-state index contributed by atoms with van der Waals surface area (Å²) >= 11 is 9.19. The van der Waals surface area contributed by atoms with Crippen molar-refractivity contribution in [2.24, 2.45) is 10.8 Å². The van der Waals surface area contributed by atoms with Gasteiger partial charge in [0.1, 0.15) is 0 Å². The minimum absolute atomic E-state index is 0.472. The Morgan fingerprint density at radius 2 is 2.22 bits per heavy atom. The lowest BCUT2D eigenvalue weighted by Gasteiger charge is -2.02. The van der Waals surface area contributed by atoms with Gasteiger partial charge in [-0.1, -0.05) is 17.7 Å². The highest BCUT2D eigenvalue weighted by molar-refractivity contribution is 8.00. The van der Waals surface area contributed by atoms with Crippen LogP contribution in [0.4, 0.5) is 5.69 Å². The van der Waals surface area contributed by atoms with E-state index in [4.69, 9.17) is 17.3 Å². The van der Waals surface area contributed by atoms with E-state index in [1.807, 2.05) is 36.6 Å². The molecule has 1 aromatic carbocycles. The lowest BCUT2D eigenvalue weighted by Crippen LogP contribution is -2.13. The van der Waals surface area contributed by atoms with Crippen molar-refractivity contribution in [3.05, 3.63) is 46.3 Å². The van der Waals surface area contributed by atoms with Crippen molar-refractivity contribution < 1.29 is 0 Å². The smallest absolute Gasteiger partial charge is 0.161 e. The van der Waals surface area contributed by atoms with Gasteiger partial charge in [-0.3, -0.25) is 5.43 Å². The maximum atomic E-state index is 5.90. The van der Waals surface area contributed by atoms with Crippen molar-refractivity contribution in [3.63, 3.8) is 0 Å². The van der Waals surface area contributed by atoms with E-state index in [1.165, 1.54) is 4.21 Å². The van der Waals surface area contributed by atoms with E-state index >= 15 is 0 Å². The van der Waals surface area contributed by atoms with Crippen molar-refractivity contribution in [2.75, 3.05) is 11.7 Å². The first kappa shape index (κ1) is 13.3. The van der Waals surface area contributed by atoms with Gasteiger partial charge in [0.05, 0.1) is 14.8 Å². The van der Waals surface area contributed by atoms with Gasteiger partial charge in [-0.15, -0.1) is 23.1 Å². The van der Waals surface area contributed by atoms with Crippen LogP contribution < -0.4 is 11.2 Å². The molecule has 0 aliphatic rings. The predicted molar refractivity (Wildman–Crippen MR) is 81.9 cm³/mol. The number of hydrogen-bond donors (Lipinski definition) is 2. The Kier molecular flexibility index (Phi) is 4.52. The molecule has 2 rings (SSSR count). The van der Waals surface area contributed by atoms with Crippen molar-refractivity contribution >= 4 is 46.2 Å². The third-order valence-electron chi connectivity index (χ3n) is 2.17. The molecule has 0 unspecified atom stereocenters. The maximum Gasteiger partial charge on any atom is 0.161 e. The van der Waals surface area contributed by atoms with Gasteiger partial charge in [0, 0.05) is 5.02 Å².